The quantitative estimate of drug-likeness (QED) is 0.758. The molecule has 0 bridgehead atoms. The van der Waals surface area contributed by atoms with Crippen molar-refractivity contribution < 1.29 is 14.7 Å². The van der Waals surface area contributed by atoms with Crippen molar-refractivity contribution in [2.45, 2.75) is 39.0 Å². The van der Waals surface area contributed by atoms with E-state index < -0.39 is 11.4 Å². The number of anilines is 1. The first kappa shape index (κ1) is 12.6. The van der Waals surface area contributed by atoms with Crippen LogP contribution in [-0.4, -0.2) is 27.2 Å². The Kier molecular flexibility index (Phi) is 3.36. The molecule has 1 aliphatic carbocycles. The number of amides is 1. The lowest BCUT2D eigenvalue weighted by atomic mass is 9.82. The van der Waals surface area contributed by atoms with Crippen molar-refractivity contribution in [3.8, 4) is 0 Å². The zero-order valence-corrected chi connectivity index (χ0v) is 10.3. The molecule has 0 atom stereocenters. The summed E-state index contributed by atoms with van der Waals surface area (Å²) in [7, 11) is 0. The number of nitrogens with zero attached hydrogens (tertiary/aromatic N) is 1. The van der Waals surface area contributed by atoms with E-state index in [0.29, 0.717) is 18.7 Å². The van der Waals surface area contributed by atoms with Crippen LogP contribution in [0.3, 0.4) is 0 Å². The highest BCUT2D eigenvalue weighted by Gasteiger charge is 2.43. The van der Waals surface area contributed by atoms with E-state index in [9.17, 15) is 14.7 Å². The van der Waals surface area contributed by atoms with E-state index in [4.69, 9.17) is 0 Å². The first-order valence-corrected chi connectivity index (χ1v) is 6.07. The van der Waals surface area contributed by atoms with E-state index in [1.165, 1.54) is 0 Å². The van der Waals surface area contributed by atoms with Crippen molar-refractivity contribution in [3.05, 3.63) is 11.8 Å². The van der Waals surface area contributed by atoms with E-state index in [0.717, 1.165) is 18.4 Å². The van der Waals surface area contributed by atoms with Crippen LogP contribution in [-0.2, 0) is 9.59 Å². The van der Waals surface area contributed by atoms with Crippen LogP contribution in [0.15, 0.2) is 6.20 Å². The number of aromatic nitrogens is 2. The monoisotopic (exact) mass is 251 g/mol. The molecule has 0 radical (unpaired) electrons. The minimum Gasteiger partial charge on any atom is -0.481 e. The van der Waals surface area contributed by atoms with Gasteiger partial charge >= 0.3 is 5.97 Å². The number of carboxylic acid groups (broad SMARTS) is 1. The Labute approximate surface area is 105 Å². The summed E-state index contributed by atoms with van der Waals surface area (Å²) in [6, 6.07) is 0. The number of rotatable bonds is 4. The Balaban J connectivity index is 2.02. The number of aromatic amines is 1. The van der Waals surface area contributed by atoms with E-state index >= 15 is 0 Å². The number of carboxylic acids is 1. The first-order chi connectivity index (χ1) is 8.53. The highest BCUT2D eigenvalue weighted by molar-refractivity contribution is 5.94. The average molecular weight is 251 g/mol. The number of nitrogens with one attached hydrogen (secondary N) is 2. The molecule has 0 saturated heterocycles. The lowest BCUT2D eigenvalue weighted by Crippen LogP contribution is -2.32. The fourth-order valence-electron chi connectivity index (χ4n) is 2.48. The molecule has 0 aliphatic heterocycles. The average Bonchev–Trinajstić information content (AvgIpc) is 2.90. The molecule has 0 spiro atoms. The number of H-pyrrole nitrogens is 1. The predicted octanol–water partition coefficient (Wildman–Crippen LogP) is 1.69. The summed E-state index contributed by atoms with van der Waals surface area (Å²) in [6.45, 7) is 1.82. The van der Waals surface area contributed by atoms with Crippen molar-refractivity contribution in [3.63, 3.8) is 0 Å². The summed E-state index contributed by atoms with van der Waals surface area (Å²) in [5, 5.41) is 18.4. The molecular formula is C12H17N3O3. The zero-order chi connectivity index (χ0) is 13.2. The van der Waals surface area contributed by atoms with Crippen molar-refractivity contribution in [2.75, 3.05) is 5.32 Å². The molecule has 6 nitrogen and oxygen atoms in total. The summed E-state index contributed by atoms with van der Waals surface area (Å²) in [6.07, 6.45) is 4.56. The molecule has 1 amide bonds. The third-order valence-electron chi connectivity index (χ3n) is 3.61. The molecule has 3 N–H and O–H groups in total. The van der Waals surface area contributed by atoms with Gasteiger partial charge in [-0.25, -0.2) is 0 Å². The summed E-state index contributed by atoms with van der Waals surface area (Å²) in [4.78, 5) is 23.2. The molecule has 98 valence electrons. The lowest BCUT2D eigenvalue weighted by molar-refractivity contribution is -0.150. The van der Waals surface area contributed by atoms with E-state index in [1.807, 2.05) is 6.92 Å². The fourth-order valence-corrected chi connectivity index (χ4v) is 2.48. The van der Waals surface area contributed by atoms with Crippen molar-refractivity contribution >= 4 is 17.7 Å². The number of aliphatic carboxylic acids is 1. The second kappa shape index (κ2) is 4.80. The number of aryl methyl sites for hydroxylation is 1. The Morgan fingerprint density at radius 1 is 1.50 bits per heavy atom. The fraction of sp³-hybridized carbons (Fsp3) is 0.583. The van der Waals surface area contributed by atoms with Gasteiger partial charge in [0.15, 0.2) is 0 Å². The minimum atomic E-state index is -0.877. The lowest BCUT2D eigenvalue weighted by Gasteiger charge is -2.22. The summed E-state index contributed by atoms with van der Waals surface area (Å²) in [5.74, 6) is -0.596. The summed E-state index contributed by atoms with van der Waals surface area (Å²) >= 11 is 0. The highest BCUT2D eigenvalue weighted by Crippen LogP contribution is 2.41. The normalized spacial score (nSPS) is 17.6. The molecule has 1 saturated carbocycles. The van der Waals surface area contributed by atoms with E-state index in [1.54, 1.807) is 6.20 Å². The van der Waals surface area contributed by atoms with Crippen LogP contribution in [0, 0.1) is 12.3 Å². The van der Waals surface area contributed by atoms with E-state index in [2.05, 4.69) is 15.5 Å². The molecule has 18 heavy (non-hydrogen) atoms. The molecule has 2 rings (SSSR count). The van der Waals surface area contributed by atoms with Gasteiger partial charge in [0.25, 0.3) is 0 Å². The molecule has 1 heterocycles. The molecular weight excluding hydrogens is 234 g/mol. The second-order valence-electron chi connectivity index (χ2n) is 4.95. The maximum absolute atomic E-state index is 11.9. The standard InChI is InChI=1S/C12H17N3O3/c1-8-7-13-15-10(8)14-9(16)6-12(11(17)18)4-2-3-5-12/h7H,2-6H2,1H3,(H,17,18)(H2,13,14,15,16). The van der Waals surface area contributed by atoms with Gasteiger partial charge in [0.1, 0.15) is 5.82 Å². The van der Waals surface area contributed by atoms with Gasteiger partial charge in [-0.2, -0.15) is 5.10 Å². The van der Waals surface area contributed by atoms with Crippen molar-refractivity contribution in [2.24, 2.45) is 5.41 Å². The topological polar surface area (TPSA) is 95.1 Å². The van der Waals surface area contributed by atoms with Crippen LogP contribution < -0.4 is 5.32 Å². The van der Waals surface area contributed by atoms with Crippen molar-refractivity contribution in [1.29, 1.82) is 0 Å². The van der Waals surface area contributed by atoms with Crippen LogP contribution >= 0.6 is 0 Å². The van der Waals surface area contributed by atoms with Gasteiger partial charge in [-0.05, 0) is 19.8 Å². The van der Waals surface area contributed by atoms with Crippen LogP contribution in [0.25, 0.3) is 0 Å². The maximum atomic E-state index is 11.9. The Morgan fingerprint density at radius 3 is 2.67 bits per heavy atom. The molecule has 1 aliphatic rings. The molecule has 1 aromatic rings. The van der Waals surface area contributed by atoms with Crippen molar-refractivity contribution in [1.82, 2.24) is 10.2 Å². The molecule has 0 aromatic carbocycles. The largest absolute Gasteiger partial charge is 0.481 e. The van der Waals surface area contributed by atoms with E-state index in [-0.39, 0.29) is 12.3 Å². The van der Waals surface area contributed by atoms with Gasteiger partial charge in [-0.3, -0.25) is 14.7 Å². The molecule has 6 heteroatoms. The molecule has 0 unspecified atom stereocenters. The Morgan fingerprint density at radius 2 is 2.17 bits per heavy atom. The van der Waals surface area contributed by atoms with Gasteiger partial charge in [-0.15, -0.1) is 0 Å². The van der Waals surface area contributed by atoms with Crippen LogP contribution in [0.1, 0.15) is 37.7 Å². The minimum absolute atomic E-state index is 0.0286. The predicted molar refractivity (Wildman–Crippen MR) is 65.1 cm³/mol. The van der Waals surface area contributed by atoms with Crippen LogP contribution in [0.5, 0.6) is 0 Å². The van der Waals surface area contributed by atoms with Gasteiger partial charge in [0, 0.05) is 12.0 Å². The smallest absolute Gasteiger partial charge is 0.310 e. The molecule has 1 fully saturated rings. The Hall–Kier alpha value is -1.85. The summed E-state index contributed by atoms with van der Waals surface area (Å²) in [5.41, 5.74) is -0.0444. The van der Waals surface area contributed by atoms with Gasteiger partial charge in [-0.1, -0.05) is 12.8 Å². The summed E-state index contributed by atoms with van der Waals surface area (Å²) < 4.78 is 0. The van der Waals surface area contributed by atoms with Gasteiger partial charge in [0.05, 0.1) is 11.6 Å². The first-order valence-electron chi connectivity index (χ1n) is 6.07. The zero-order valence-electron chi connectivity index (χ0n) is 10.3. The third-order valence-corrected chi connectivity index (χ3v) is 3.61. The number of hydrogen-bond acceptors (Lipinski definition) is 3. The number of hydrogen-bond donors (Lipinski definition) is 3. The maximum Gasteiger partial charge on any atom is 0.310 e. The molecule has 1 aromatic heterocycles. The SMILES string of the molecule is Cc1cn[nH]c1NC(=O)CC1(C(=O)O)CCCC1. The van der Waals surface area contributed by atoms with Gasteiger partial charge < -0.3 is 10.4 Å². The van der Waals surface area contributed by atoms with Crippen LogP contribution in [0.4, 0.5) is 5.82 Å². The number of carbonyl (C=O) groups excluding carboxylic acids is 1. The third kappa shape index (κ3) is 2.37. The van der Waals surface area contributed by atoms with Gasteiger partial charge in [0.2, 0.25) is 5.91 Å². The highest BCUT2D eigenvalue weighted by atomic mass is 16.4. The Bertz CT molecular complexity index is 461. The number of carbonyl (C=O) groups is 2. The van der Waals surface area contributed by atoms with Crippen LogP contribution in [0.2, 0.25) is 0 Å². The second-order valence-corrected chi connectivity index (χ2v) is 4.95.